The van der Waals surface area contributed by atoms with Crippen LogP contribution in [0.4, 0.5) is 0 Å². The summed E-state index contributed by atoms with van der Waals surface area (Å²) in [6.07, 6.45) is 1.98. The number of hydrogen-bond donors (Lipinski definition) is 1. The van der Waals surface area contributed by atoms with Crippen molar-refractivity contribution in [1.29, 1.82) is 0 Å². The SMILES string of the molecule is Cc1nc2n(n1)C[C@@H](N[C@H](C)c1nnc(-c3cccs3)o1)CC2. The zero-order chi connectivity index (χ0) is 15.8. The first-order chi connectivity index (χ1) is 11.2. The van der Waals surface area contributed by atoms with Crippen molar-refractivity contribution >= 4 is 11.3 Å². The maximum absolute atomic E-state index is 5.80. The van der Waals surface area contributed by atoms with E-state index < -0.39 is 0 Å². The molecule has 3 aromatic heterocycles. The molecule has 4 heterocycles. The largest absolute Gasteiger partial charge is 0.418 e. The van der Waals surface area contributed by atoms with Crippen molar-refractivity contribution in [2.45, 2.75) is 45.3 Å². The fraction of sp³-hybridized carbons (Fsp3) is 0.467. The quantitative estimate of drug-likeness (QED) is 0.791. The molecular formula is C15H18N6OS. The summed E-state index contributed by atoms with van der Waals surface area (Å²) < 4.78 is 7.79. The first-order valence-corrected chi connectivity index (χ1v) is 8.60. The number of hydrogen-bond acceptors (Lipinski definition) is 7. The van der Waals surface area contributed by atoms with Crippen LogP contribution in [-0.2, 0) is 13.0 Å². The monoisotopic (exact) mass is 330 g/mol. The lowest BCUT2D eigenvalue weighted by molar-refractivity contribution is 0.310. The third-order valence-electron chi connectivity index (χ3n) is 3.99. The van der Waals surface area contributed by atoms with Crippen LogP contribution < -0.4 is 5.32 Å². The summed E-state index contributed by atoms with van der Waals surface area (Å²) in [5.74, 6) is 3.12. The summed E-state index contributed by atoms with van der Waals surface area (Å²) in [5.41, 5.74) is 0. The Bertz CT molecular complexity index is 793. The summed E-state index contributed by atoms with van der Waals surface area (Å²) in [4.78, 5) is 5.44. The van der Waals surface area contributed by atoms with Gasteiger partial charge >= 0.3 is 0 Å². The van der Waals surface area contributed by atoms with Crippen molar-refractivity contribution in [3.05, 3.63) is 35.1 Å². The predicted octanol–water partition coefficient (Wildman–Crippen LogP) is 2.36. The molecule has 120 valence electrons. The van der Waals surface area contributed by atoms with Gasteiger partial charge in [0.1, 0.15) is 11.6 Å². The van der Waals surface area contributed by atoms with Crippen LogP contribution in [0.15, 0.2) is 21.9 Å². The molecule has 7 nitrogen and oxygen atoms in total. The Morgan fingerprint density at radius 1 is 1.43 bits per heavy atom. The third kappa shape index (κ3) is 2.91. The Morgan fingerprint density at radius 2 is 2.35 bits per heavy atom. The topological polar surface area (TPSA) is 81.7 Å². The van der Waals surface area contributed by atoms with Gasteiger partial charge in [-0.3, -0.25) is 0 Å². The van der Waals surface area contributed by atoms with Gasteiger partial charge in [-0.2, -0.15) is 5.10 Å². The minimum Gasteiger partial charge on any atom is -0.418 e. The zero-order valence-electron chi connectivity index (χ0n) is 13.1. The molecule has 0 saturated carbocycles. The maximum atomic E-state index is 5.80. The number of nitrogens with one attached hydrogen (secondary N) is 1. The van der Waals surface area contributed by atoms with E-state index in [0.29, 0.717) is 17.8 Å². The highest BCUT2D eigenvalue weighted by atomic mass is 32.1. The molecule has 0 fully saturated rings. The van der Waals surface area contributed by atoms with Gasteiger partial charge in [-0.1, -0.05) is 6.07 Å². The van der Waals surface area contributed by atoms with Crippen molar-refractivity contribution in [3.8, 4) is 10.8 Å². The molecule has 4 rings (SSSR count). The van der Waals surface area contributed by atoms with Crippen molar-refractivity contribution in [1.82, 2.24) is 30.3 Å². The molecular weight excluding hydrogens is 312 g/mol. The molecule has 3 aromatic rings. The van der Waals surface area contributed by atoms with Gasteiger partial charge in [0.2, 0.25) is 5.89 Å². The molecule has 0 spiro atoms. The van der Waals surface area contributed by atoms with Gasteiger partial charge in [-0.25, -0.2) is 9.67 Å². The van der Waals surface area contributed by atoms with E-state index in [0.717, 1.165) is 35.9 Å². The number of thiophene rings is 1. The molecule has 0 amide bonds. The van der Waals surface area contributed by atoms with E-state index in [4.69, 9.17) is 4.42 Å². The highest BCUT2D eigenvalue weighted by Crippen LogP contribution is 2.25. The number of aryl methyl sites for hydroxylation is 2. The normalized spacial score (nSPS) is 18.8. The lowest BCUT2D eigenvalue weighted by Gasteiger charge is -2.25. The van der Waals surface area contributed by atoms with Crippen LogP contribution in [0.3, 0.4) is 0 Å². The fourth-order valence-corrected chi connectivity index (χ4v) is 3.55. The molecule has 2 atom stereocenters. The lowest BCUT2D eigenvalue weighted by Crippen LogP contribution is -2.39. The van der Waals surface area contributed by atoms with Crippen LogP contribution in [0.2, 0.25) is 0 Å². The van der Waals surface area contributed by atoms with Crippen LogP contribution in [-0.4, -0.2) is 31.0 Å². The Hall–Kier alpha value is -2.06. The van der Waals surface area contributed by atoms with Crippen LogP contribution in [0.25, 0.3) is 10.8 Å². The second kappa shape index (κ2) is 5.86. The van der Waals surface area contributed by atoms with E-state index >= 15 is 0 Å². The summed E-state index contributed by atoms with van der Waals surface area (Å²) >= 11 is 1.60. The highest BCUT2D eigenvalue weighted by molar-refractivity contribution is 7.13. The van der Waals surface area contributed by atoms with E-state index in [1.807, 2.05) is 36.0 Å². The number of aromatic nitrogens is 5. The van der Waals surface area contributed by atoms with Crippen LogP contribution in [0.5, 0.6) is 0 Å². The van der Waals surface area contributed by atoms with Gasteiger partial charge < -0.3 is 9.73 Å². The number of fused-ring (bicyclic) bond motifs is 1. The van der Waals surface area contributed by atoms with E-state index in [-0.39, 0.29) is 6.04 Å². The first-order valence-electron chi connectivity index (χ1n) is 7.72. The summed E-state index contributed by atoms with van der Waals surface area (Å²) in [6, 6.07) is 4.30. The van der Waals surface area contributed by atoms with Gasteiger partial charge in [0.25, 0.3) is 5.89 Å². The smallest absolute Gasteiger partial charge is 0.257 e. The van der Waals surface area contributed by atoms with E-state index in [9.17, 15) is 0 Å². The van der Waals surface area contributed by atoms with Crippen LogP contribution in [0, 0.1) is 6.92 Å². The van der Waals surface area contributed by atoms with E-state index in [1.165, 1.54) is 0 Å². The predicted molar refractivity (Wildman–Crippen MR) is 86.0 cm³/mol. The van der Waals surface area contributed by atoms with Crippen molar-refractivity contribution in [2.24, 2.45) is 0 Å². The zero-order valence-corrected chi connectivity index (χ0v) is 13.9. The molecule has 1 aliphatic heterocycles. The van der Waals surface area contributed by atoms with Gasteiger partial charge in [0.15, 0.2) is 0 Å². The Kier molecular flexibility index (Phi) is 3.70. The molecule has 1 aliphatic rings. The van der Waals surface area contributed by atoms with Crippen molar-refractivity contribution < 1.29 is 4.42 Å². The Morgan fingerprint density at radius 3 is 3.17 bits per heavy atom. The van der Waals surface area contributed by atoms with Crippen LogP contribution in [0.1, 0.15) is 36.9 Å². The number of rotatable bonds is 4. The van der Waals surface area contributed by atoms with Crippen molar-refractivity contribution in [2.75, 3.05) is 0 Å². The standard InChI is InChI=1S/C15H18N6OS/c1-9(14-18-19-15(22-14)12-4-3-7-23-12)16-11-5-6-13-17-10(2)20-21(13)8-11/h3-4,7,9,11,16H,5-6,8H2,1-2H3/t9-,11+/m1/s1. The van der Waals surface area contributed by atoms with Gasteiger partial charge in [0, 0.05) is 12.5 Å². The number of nitrogens with zero attached hydrogens (tertiary/aromatic N) is 5. The molecule has 8 heteroatoms. The minimum absolute atomic E-state index is 0.00683. The molecule has 0 saturated heterocycles. The average molecular weight is 330 g/mol. The molecule has 0 radical (unpaired) electrons. The minimum atomic E-state index is 0.00683. The second-order valence-electron chi connectivity index (χ2n) is 5.80. The van der Waals surface area contributed by atoms with Gasteiger partial charge in [-0.05, 0) is 31.7 Å². The highest BCUT2D eigenvalue weighted by Gasteiger charge is 2.24. The molecule has 0 aromatic carbocycles. The van der Waals surface area contributed by atoms with Gasteiger partial charge in [-0.15, -0.1) is 21.5 Å². The lowest BCUT2D eigenvalue weighted by atomic mass is 10.1. The Labute approximate surface area is 137 Å². The van der Waals surface area contributed by atoms with Crippen molar-refractivity contribution in [3.63, 3.8) is 0 Å². The second-order valence-corrected chi connectivity index (χ2v) is 6.75. The summed E-state index contributed by atoms with van der Waals surface area (Å²) in [5, 5.41) is 18.3. The van der Waals surface area contributed by atoms with E-state index in [1.54, 1.807) is 11.3 Å². The molecule has 0 bridgehead atoms. The molecule has 1 N–H and O–H groups in total. The van der Waals surface area contributed by atoms with Crippen LogP contribution >= 0.6 is 11.3 Å². The third-order valence-corrected chi connectivity index (χ3v) is 4.85. The summed E-state index contributed by atoms with van der Waals surface area (Å²) in [7, 11) is 0. The van der Waals surface area contributed by atoms with Gasteiger partial charge in [0.05, 0.1) is 17.5 Å². The Balaban J connectivity index is 1.43. The molecule has 0 unspecified atom stereocenters. The molecule has 23 heavy (non-hydrogen) atoms. The maximum Gasteiger partial charge on any atom is 0.257 e. The first kappa shape index (κ1) is 14.5. The average Bonchev–Trinajstić information content (AvgIpc) is 3.26. The molecule has 0 aliphatic carbocycles. The summed E-state index contributed by atoms with van der Waals surface area (Å²) in [6.45, 7) is 4.81. The van der Waals surface area contributed by atoms with E-state index in [2.05, 4.69) is 25.6 Å². The fourth-order valence-electron chi connectivity index (χ4n) is 2.90.